The van der Waals surface area contributed by atoms with Gasteiger partial charge in [0.25, 0.3) is 0 Å². The predicted molar refractivity (Wildman–Crippen MR) is 124 cm³/mol. The van der Waals surface area contributed by atoms with E-state index in [0.29, 0.717) is 25.7 Å². The molecule has 0 saturated heterocycles. The SMILES string of the molecule is CC(C)NC(=O)CCCC=CC[C@@H]1[C@@H](C=C[C@@H](O)CCc2ccccc2)[C@H](O)C[C@@H]1O. The Hall–Kier alpha value is -1.95. The molecular formula is C26H39NO4. The summed E-state index contributed by atoms with van der Waals surface area (Å²) in [4.78, 5) is 11.6. The second-order valence-electron chi connectivity index (χ2n) is 8.91. The number of hydrogen-bond acceptors (Lipinski definition) is 4. The first-order valence-electron chi connectivity index (χ1n) is 11.6. The van der Waals surface area contributed by atoms with Gasteiger partial charge in [-0.1, -0.05) is 54.6 Å². The van der Waals surface area contributed by atoms with Gasteiger partial charge in [0.05, 0.1) is 18.3 Å². The zero-order valence-electron chi connectivity index (χ0n) is 18.9. The van der Waals surface area contributed by atoms with Gasteiger partial charge in [-0.25, -0.2) is 0 Å². The molecule has 0 aromatic heterocycles. The van der Waals surface area contributed by atoms with Crippen LogP contribution in [0.5, 0.6) is 0 Å². The van der Waals surface area contributed by atoms with Crippen LogP contribution in [-0.2, 0) is 11.2 Å². The van der Waals surface area contributed by atoms with E-state index in [4.69, 9.17) is 0 Å². The van der Waals surface area contributed by atoms with Gasteiger partial charge in [-0.15, -0.1) is 0 Å². The summed E-state index contributed by atoms with van der Waals surface area (Å²) < 4.78 is 0. The lowest BCUT2D eigenvalue weighted by Crippen LogP contribution is -2.29. The lowest BCUT2D eigenvalue weighted by atomic mass is 9.89. The second-order valence-corrected chi connectivity index (χ2v) is 8.91. The first-order valence-corrected chi connectivity index (χ1v) is 11.6. The number of aryl methyl sites for hydroxylation is 1. The van der Waals surface area contributed by atoms with E-state index in [1.54, 1.807) is 6.08 Å². The minimum absolute atomic E-state index is 0.0620. The van der Waals surface area contributed by atoms with Crippen LogP contribution in [0.4, 0.5) is 0 Å². The second kappa shape index (κ2) is 13.5. The number of aliphatic hydroxyl groups is 3. The minimum atomic E-state index is -0.592. The maximum Gasteiger partial charge on any atom is 0.220 e. The maximum atomic E-state index is 11.6. The molecule has 172 valence electrons. The number of aliphatic hydroxyl groups excluding tert-OH is 3. The molecule has 5 atom stereocenters. The number of benzene rings is 1. The van der Waals surface area contributed by atoms with Crippen molar-refractivity contribution in [2.45, 2.75) is 83.1 Å². The monoisotopic (exact) mass is 429 g/mol. The van der Waals surface area contributed by atoms with Crippen molar-refractivity contribution in [3.05, 3.63) is 60.2 Å². The number of rotatable bonds is 12. The van der Waals surface area contributed by atoms with Crippen molar-refractivity contribution in [3.8, 4) is 0 Å². The van der Waals surface area contributed by atoms with Crippen LogP contribution in [0.25, 0.3) is 0 Å². The number of carbonyl (C=O) groups is 1. The highest BCUT2D eigenvalue weighted by atomic mass is 16.3. The minimum Gasteiger partial charge on any atom is -0.393 e. The number of allylic oxidation sites excluding steroid dienone is 2. The van der Waals surface area contributed by atoms with Gasteiger partial charge < -0.3 is 20.6 Å². The molecular weight excluding hydrogens is 390 g/mol. The van der Waals surface area contributed by atoms with Crippen LogP contribution in [0.1, 0.15) is 57.9 Å². The summed E-state index contributed by atoms with van der Waals surface area (Å²) in [6, 6.07) is 10.2. The fraction of sp³-hybridized carbons (Fsp3) is 0.577. The summed E-state index contributed by atoms with van der Waals surface area (Å²) in [6.07, 6.45) is 10.6. The summed E-state index contributed by atoms with van der Waals surface area (Å²) in [5, 5.41) is 33.9. The average Bonchev–Trinajstić information content (AvgIpc) is 3.00. The Morgan fingerprint density at radius 2 is 1.90 bits per heavy atom. The first-order chi connectivity index (χ1) is 14.9. The number of carbonyl (C=O) groups excluding carboxylic acids is 1. The Morgan fingerprint density at radius 3 is 2.61 bits per heavy atom. The largest absolute Gasteiger partial charge is 0.393 e. The third-order valence-electron chi connectivity index (χ3n) is 5.84. The molecule has 1 aromatic carbocycles. The molecule has 5 nitrogen and oxygen atoms in total. The predicted octanol–water partition coefficient (Wildman–Crippen LogP) is 3.54. The van der Waals surface area contributed by atoms with Crippen molar-refractivity contribution in [1.29, 1.82) is 0 Å². The number of amides is 1. The highest BCUT2D eigenvalue weighted by Gasteiger charge is 2.39. The highest BCUT2D eigenvalue weighted by molar-refractivity contribution is 5.76. The Balaban J connectivity index is 1.77. The van der Waals surface area contributed by atoms with E-state index in [0.717, 1.165) is 19.3 Å². The average molecular weight is 430 g/mol. The van der Waals surface area contributed by atoms with Crippen molar-refractivity contribution in [2.75, 3.05) is 0 Å². The van der Waals surface area contributed by atoms with Crippen LogP contribution in [0, 0.1) is 11.8 Å². The van der Waals surface area contributed by atoms with E-state index in [-0.39, 0.29) is 23.8 Å². The molecule has 0 radical (unpaired) electrons. The Labute approximate surface area is 186 Å². The van der Waals surface area contributed by atoms with E-state index in [2.05, 4.69) is 11.4 Å². The Bertz CT molecular complexity index is 701. The number of hydrogen-bond donors (Lipinski definition) is 4. The van der Waals surface area contributed by atoms with Crippen molar-refractivity contribution in [3.63, 3.8) is 0 Å². The van der Waals surface area contributed by atoms with Crippen LogP contribution >= 0.6 is 0 Å². The van der Waals surface area contributed by atoms with Gasteiger partial charge in [-0.2, -0.15) is 0 Å². The first kappa shape index (κ1) is 25.3. The van der Waals surface area contributed by atoms with Crippen LogP contribution in [0.15, 0.2) is 54.6 Å². The topological polar surface area (TPSA) is 89.8 Å². The van der Waals surface area contributed by atoms with Gasteiger partial charge in [0.1, 0.15) is 0 Å². The van der Waals surface area contributed by atoms with Crippen molar-refractivity contribution in [1.82, 2.24) is 5.32 Å². The molecule has 0 unspecified atom stereocenters. The van der Waals surface area contributed by atoms with Gasteiger partial charge in [-0.3, -0.25) is 4.79 Å². The van der Waals surface area contributed by atoms with Gasteiger partial charge in [0, 0.05) is 24.8 Å². The summed E-state index contributed by atoms with van der Waals surface area (Å²) in [7, 11) is 0. The fourth-order valence-electron chi connectivity index (χ4n) is 4.16. The van der Waals surface area contributed by atoms with Gasteiger partial charge in [0.15, 0.2) is 0 Å². The van der Waals surface area contributed by atoms with Gasteiger partial charge >= 0.3 is 0 Å². The summed E-state index contributed by atoms with van der Waals surface area (Å²) >= 11 is 0. The van der Waals surface area contributed by atoms with Gasteiger partial charge in [0.2, 0.25) is 5.91 Å². The van der Waals surface area contributed by atoms with Crippen molar-refractivity contribution >= 4 is 5.91 Å². The Morgan fingerprint density at radius 1 is 1.16 bits per heavy atom. The van der Waals surface area contributed by atoms with Crippen LogP contribution < -0.4 is 5.32 Å². The zero-order chi connectivity index (χ0) is 22.6. The molecule has 1 aliphatic carbocycles. The molecule has 1 saturated carbocycles. The molecule has 1 aliphatic rings. The standard InChI is InChI=1S/C26H39NO4/c1-19(2)27-26(31)13-9-4-3-8-12-22-23(25(30)18-24(22)29)17-16-21(28)15-14-20-10-6-5-7-11-20/h3,5-8,10-11,16-17,19,21-25,28-30H,4,9,12-15,18H2,1-2H3,(H,27,31)/t21-,22+,23+,24-,25+/m0/s1. The molecule has 1 fully saturated rings. The third kappa shape index (κ3) is 9.38. The highest BCUT2D eigenvalue weighted by Crippen LogP contribution is 2.36. The van der Waals surface area contributed by atoms with Crippen LogP contribution in [0.2, 0.25) is 0 Å². The molecule has 0 heterocycles. The van der Waals surface area contributed by atoms with E-state index in [1.165, 1.54) is 5.56 Å². The zero-order valence-corrected chi connectivity index (χ0v) is 18.9. The smallest absolute Gasteiger partial charge is 0.220 e. The quantitative estimate of drug-likeness (QED) is 0.302. The van der Waals surface area contributed by atoms with Gasteiger partial charge in [-0.05, 0) is 57.4 Å². The maximum absolute atomic E-state index is 11.6. The van der Waals surface area contributed by atoms with Crippen molar-refractivity contribution < 1.29 is 20.1 Å². The van der Waals surface area contributed by atoms with Crippen molar-refractivity contribution in [2.24, 2.45) is 11.8 Å². The lowest BCUT2D eigenvalue weighted by Gasteiger charge is -2.19. The van der Waals surface area contributed by atoms with Crippen LogP contribution in [0.3, 0.4) is 0 Å². The summed E-state index contributed by atoms with van der Waals surface area (Å²) in [5.41, 5.74) is 1.19. The third-order valence-corrected chi connectivity index (χ3v) is 5.84. The molecule has 5 heteroatoms. The number of nitrogens with one attached hydrogen (secondary N) is 1. The molecule has 31 heavy (non-hydrogen) atoms. The molecule has 4 N–H and O–H groups in total. The molecule has 1 amide bonds. The summed E-state index contributed by atoms with van der Waals surface area (Å²) in [5.74, 6) is -0.148. The van der Waals surface area contributed by atoms with E-state index >= 15 is 0 Å². The van der Waals surface area contributed by atoms with E-state index in [1.807, 2.05) is 56.3 Å². The lowest BCUT2D eigenvalue weighted by molar-refractivity contribution is -0.121. The molecule has 0 bridgehead atoms. The summed E-state index contributed by atoms with van der Waals surface area (Å²) in [6.45, 7) is 3.90. The fourth-order valence-corrected chi connectivity index (χ4v) is 4.16. The molecule has 1 aromatic rings. The number of unbranched alkanes of at least 4 members (excludes halogenated alkanes) is 1. The van der Waals surface area contributed by atoms with E-state index < -0.39 is 18.3 Å². The molecule has 0 aliphatic heterocycles. The molecule has 0 spiro atoms. The Kier molecular flexibility index (Phi) is 11.0. The van der Waals surface area contributed by atoms with Crippen LogP contribution in [-0.4, -0.2) is 45.6 Å². The van der Waals surface area contributed by atoms with E-state index in [9.17, 15) is 20.1 Å². The molecule has 2 rings (SSSR count). The normalized spacial score (nSPS) is 25.0.